The number of nitrogens with one attached hydrogen (secondary N) is 1. The average molecular weight is 419 g/mol. The Morgan fingerprint density at radius 3 is 1.21 bits per heavy atom. The minimum Gasteiger partial charge on any atom is -0.481 e. The minimum atomic E-state index is -0.833. The summed E-state index contributed by atoms with van der Waals surface area (Å²) in [6, 6.07) is 0. The molecule has 0 fully saturated rings. The fraction of sp³-hybridized carbons (Fsp3) is 0.913. The highest BCUT2D eigenvalue weighted by molar-refractivity contribution is 5.63. The number of carboxylic acid groups (broad SMARTS) is 2. The first-order valence-electron chi connectivity index (χ1n) is 11.7. The summed E-state index contributed by atoms with van der Waals surface area (Å²) >= 11 is 0. The lowest BCUT2D eigenvalue weighted by atomic mass is 10.0. The Hall–Kier alpha value is -1.14. The van der Waals surface area contributed by atoms with Gasteiger partial charge in [-0.1, -0.05) is 90.4 Å². The van der Waals surface area contributed by atoms with E-state index in [4.69, 9.17) is 25.5 Å². The molecule has 29 heavy (non-hydrogen) atoms. The van der Waals surface area contributed by atoms with E-state index in [9.17, 15) is 0 Å². The lowest BCUT2D eigenvalue weighted by Crippen LogP contribution is -2.19. The molecule has 0 aliphatic heterocycles. The summed E-state index contributed by atoms with van der Waals surface area (Å²) in [7, 11) is 0. The summed E-state index contributed by atoms with van der Waals surface area (Å²) in [5.74, 6) is -1.67. The van der Waals surface area contributed by atoms with Crippen molar-refractivity contribution >= 4 is 11.9 Å². The average Bonchev–Trinajstić information content (AvgIpc) is 2.63. The van der Waals surface area contributed by atoms with Crippen LogP contribution in [0.25, 0.3) is 0 Å². The molecule has 5 N–H and O–H groups in total. The number of unbranched alkanes of at least 4 members (excludes halogenated alkanes) is 13. The van der Waals surface area contributed by atoms with Crippen molar-refractivity contribution in [3.05, 3.63) is 0 Å². The van der Waals surface area contributed by atoms with Crippen molar-refractivity contribution in [3.63, 3.8) is 0 Å². The Kier molecular flexibility index (Phi) is 35.4. The van der Waals surface area contributed by atoms with Gasteiger partial charge in [0.15, 0.2) is 0 Å². The molecule has 0 heterocycles. The molecule has 0 unspecified atom stereocenters. The molecule has 0 aromatic rings. The Labute approximate surface area is 180 Å². The number of rotatable bonds is 18. The van der Waals surface area contributed by atoms with Crippen molar-refractivity contribution in [3.8, 4) is 0 Å². The smallest absolute Gasteiger partial charge is 0.300 e. The standard InChI is InChI=1S/C19H42N2.2C2H4O2/c1-2-3-4-5-6-7-8-9-10-11-12-13-14-15-18-21-19-16-17-20;2*1-2(3)4/h21H,2-20H2,1H3;2*1H3,(H,3,4). The molecular weight excluding hydrogens is 368 g/mol. The van der Waals surface area contributed by atoms with Crippen molar-refractivity contribution in [2.24, 2.45) is 5.73 Å². The van der Waals surface area contributed by atoms with Crippen LogP contribution in [-0.2, 0) is 9.59 Å². The van der Waals surface area contributed by atoms with E-state index in [0.29, 0.717) is 0 Å². The van der Waals surface area contributed by atoms with Gasteiger partial charge in [-0.2, -0.15) is 0 Å². The van der Waals surface area contributed by atoms with Crippen LogP contribution in [0.4, 0.5) is 0 Å². The SMILES string of the molecule is CC(=O)O.CC(=O)O.CCCCCCCCCCCCCCCCNCCCN. The van der Waals surface area contributed by atoms with E-state index in [-0.39, 0.29) is 0 Å². The molecule has 0 aliphatic carbocycles. The highest BCUT2D eigenvalue weighted by atomic mass is 16.4. The molecule has 6 heteroatoms. The fourth-order valence-electron chi connectivity index (χ4n) is 2.80. The first-order chi connectivity index (χ1) is 13.9. The van der Waals surface area contributed by atoms with Gasteiger partial charge in [-0.05, 0) is 32.5 Å². The summed E-state index contributed by atoms with van der Waals surface area (Å²) in [6.07, 6.45) is 21.2. The maximum Gasteiger partial charge on any atom is 0.300 e. The van der Waals surface area contributed by atoms with Crippen LogP contribution in [0.15, 0.2) is 0 Å². The topological polar surface area (TPSA) is 113 Å². The molecule has 0 radical (unpaired) electrons. The molecular formula is C23H50N2O4. The van der Waals surface area contributed by atoms with Gasteiger partial charge in [-0.3, -0.25) is 9.59 Å². The molecule has 0 aromatic carbocycles. The summed E-state index contributed by atoms with van der Waals surface area (Å²) in [4.78, 5) is 18.0. The monoisotopic (exact) mass is 418 g/mol. The fourth-order valence-corrected chi connectivity index (χ4v) is 2.80. The lowest BCUT2D eigenvalue weighted by molar-refractivity contribution is -0.135. The van der Waals surface area contributed by atoms with Crippen molar-refractivity contribution in [2.45, 2.75) is 117 Å². The molecule has 0 atom stereocenters. The molecule has 0 amide bonds. The summed E-state index contributed by atoms with van der Waals surface area (Å²) in [5, 5.41) is 18.3. The second-order valence-electron chi connectivity index (χ2n) is 7.53. The highest BCUT2D eigenvalue weighted by Gasteiger charge is 1.94. The van der Waals surface area contributed by atoms with Crippen molar-refractivity contribution < 1.29 is 19.8 Å². The maximum absolute atomic E-state index is 9.00. The van der Waals surface area contributed by atoms with Crippen LogP contribution in [-0.4, -0.2) is 41.8 Å². The molecule has 0 aromatic heterocycles. The van der Waals surface area contributed by atoms with Gasteiger partial charge < -0.3 is 21.3 Å². The Morgan fingerprint density at radius 1 is 0.621 bits per heavy atom. The van der Waals surface area contributed by atoms with E-state index in [1.165, 1.54) is 96.4 Å². The molecule has 0 saturated heterocycles. The van der Waals surface area contributed by atoms with Gasteiger partial charge >= 0.3 is 0 Å². The highest BCUT2D eigenvalue weighted by Crippen LogP contribution is 2.12. The van der Waals surface area contributed by atoms with Gasteiger partial charge in [0.25, 0.3) is 11.9 Å². The van der Waals surface area contributed by atoms with Crippen LogP contribution in [0, 0.1) is 0 Å². The molecule has 0 rings (SSSR count). The molecule has 0 aliphatic rings. The zero-order valence-electron chi connectivity index (χ0n) is 19.5. The first-order valence-corrected chi connectivity index (χ1v) is 11.7. The van der Waals surface area contributed by atoms with Gasteiger partial charge in [0.2, 0.25) is 0 Å². The third kappa shape index (κ3) is 58.4. The van der Waals surface area contributed by atoms with Gasteiger partial charge in [0.05, 0.1) is 0 Å². The molecule has 0 saturated carbocycles. The van der Waals surface area contributed by atoms with E-state index in [1.807, 2.05) is 0 Å². The van der Waals surface area contributed by atoms with E-state index in [0.717, 1.165) is 33.4 Å². The molecule has 0 bridgehead atoms. The molecule has 6 nitrogen and oxygen atoms in total. The Bertz CT molecular complexity index is 288. The third-order valence-electron chi connectivity index (χ3n) is 4.26. The zero-order valence-corrected chi connectivity index (χ0v) is 19.5. The van der Waals surface area contributed by atoms with Gasteiger partial charge in [0, 0.05) is 13.8 Å². The second-order valence-corrected chi connectivity index (χ2v) is 7.53. The van der Waals surface area contributed by atoms with Crippen molar-refractivity contribution in [1.29, 1.82) is 0 Å². The predicted octanol–water partition coefficient (Wildman–Crippen LogP) is 5.59. The number of carbonyl (C=O) groups is 2. The summed E-state index contributed by atoms with van der Waals surface area (Å²) in [5.41, 5.74) is 5.45. The number of nitrogens with two attached hydrogens (primary N) is 1. The third-order valence-corrected chi connectivity index (χ3v) is 4.26. The van der Waals surface area contributed by atoms with E-state index < -0.39 is 11.9 Å². The number of aliphatic carboxylic acids is 2. The van der Waals surface area contributed by atoms with Gasteiger partial charge in [0.1, 0.15) is 0 Å². The zero-order chi connectivity index (χ0) is 22.6. The van der Waals surface area contributed by atoms with Gasteiger partial charge in [-0.15, -0.1) is 0 Å². The van der Waals surface area contributed by atoms with Crippen LogP contribution in [0.2, 0.25) is 0 Å². The number of hydrogen-bond acceptors (Lipinski definition) is 4. The molecule has 0 spiro atoms. The van der Waals surface area contributed by atoms with Crippen LogP contribution >= 0.6 is 0 Å². The lowest BCUT2D eigenvalue weighted by Gasteiger charge is -2.04. The largest absolute Gasteiger partial charge is 0.481 e. The van der Waals surface area contributed by atoms with Crippen LogP contribution < -0.4 is 11.1 Å². The van der Waals surface area contributed by atoms with E-state index >= 15 is 0 Å². The van der Waals surface area contributed by atoms with Gasteiger partial charge in [-0.25, -0.2) is 0 Å². The summed E-state index contributed by atoms with van der Waals surface area (Å²) in [6.45, 7) is 7.54. The Morgan fingerprint density at radius 2 is 0.897 bits per heavy atom. The predicted molar refractivity (Wildman–Crippen MR) is 123 cm³/mol. The normalized spacial score (nSPS) is 9.79. The number of carboxylic acids is 2. The molecule has 176 valence electrons. The van der Waals surface area contributed by atoms with Crippen LogP contribution in [0.3, 0.4) is 0 Å². The quantitative estimate of drug-likeness (QED) is 0.216. The Balaban J connectivity index is -0.000000712. The van der Waals surface area contributed by atoms with Crippen molar-refractivity contribution in [1.82, 2.24) is 5.32 Å². The van der Waals surface area contributed by atoms with E-state index in [1.54, 1.807) is 0 Å². The minimum absolute atomic E-state index is 0.811. The van der Waals surface area contributed by atoms with Crippen molar-refractivity contribution in [2.75, 3.05) is 19.6 Å². The number of hydrogen-bond donors (Lipinski definition) is 4. The second kappa shape index (κ2) is 31.6. The summed E-state index contributed by atoms with van der Waals surface area (Å²) < 4.78 is 0. The first kappa shape index (κ1) is 32.5. The van der Waals surface area contributed by atoms with Crippen LogP contribution in [0.1, 0.15) is 117 Å². The maximum atomic E-state index is 9.00. The van der Waals surface area contributed by atoms with E-state index in [2.05, 4.69) is 12.2 Å². The van der Waals surface area contributed by atoms with Crippen LogP contribution in [0.5, 0.6) is 0 Å².